The molecule has 0 aromatic rings. The van der Waals surface area contributed by atoms with E-state index in [4.69, 9.17) is 0 Å². The lowest BCUT2D eigenvalue weighted by molar-refractivity contribution is -0.125. The molecular formula is C13H25N3O. The standard InChI is InChI=1S/C13H25N3O/c1-10(9-14-2)13(17)15-11-6-8-16-7-4-3-5-12(11)16/h10-12,14H,3-9H2,1-2H3,(H,15,17). The fourth-order valence-electron chi connectivity index (χ4n) is 3.14. The van der Waals surface area contributed by atoms with Crippen molar-refractivity contribution in [3.05, 3.63) is 0 Å². The van der Waals surface area contributed by atoms with Gasteiger partial charge in [-0.2, -0.15) is 0 Å². The van der Waals surface area contributed by atoms with Crippen molar-refractivity contribution in [3.63, 3.8) is 0 Å². The number of amides is 1. The second-order valence-electron chi connectivity index (χ2n) is 5.46. The molecule has 2 aliphatic heterocycles. The van der Waals surface area contributed by atoms with Crippen molar-refractivity contribution in [2.45, 2.75) is 44.7 Å². The van der Waals surface area contributed by atoms with E-state index in [-0.39, 0.29) is 11.8 Å². The van der Waals surface area contributed by atoms with Gasteiger partial charge in [0.05, 0.1) is 0 Å². The van der Waals surface area contributed by atoms with E-state index in [9.17, 15) is 4.79 Å². The van der Waals surface area contributed by atoms with Gasteiger partial charge in [-0.25, -0.2) is 0 Å². The van der Waals surface area contributed by atoms with Crippen LogP contribution in [-0.4, -0.2) is 49.6 Å². The number of carbonyl (C=O) groups excluding carboxylic acids is 1. The number of fused-ring (bicyclic) bond motifs is 1. The van der Waals surface area contributed by atoms with Crippen molar-refractivity contribution < 1.29 is 4.79 Å². The summed E-state index contributed by atoms with van der Waals surface area (Å²) >= 11 is 0. The predicted octanol–water partition coefficient (Wildman–Crippen LogP) is 0.585. The Hall–Kier alpha value is -0.610. The first-order valence-electron chi connectivity index (χ1n) is 6.91. The van der Waals surface area contributed by atoms with Crippen molar-refractivity contribution in [2.75, 3.05) is 26.7 Å². The number of piperidine rings is 1. The summed E-state index contributed by atoms with van der Waals surface area (Å²) in [6, 6.07) is 0.997. The molecule has 0 aromatic carbocycles. The Labute approximate surface area is 104 Å². The second-order valence-corrected chi connectivity index (χ2v) is 5.46. The van der Waals surface area contributed by atoms with Crippen LogP contribution in [0.15, 0.2) is 0 Å². The minimum atomic E-state index is 0.0673. The van der Waals surface area contributed by atoms with Crippen molar-refractivity contribution in [1.82, 2.24) is 15.5 Å². The maximum atomic E-state index is 12.0. The Balaban J connectivity index is 1.84. The molecule has 17 heavy (non-hydrogen) atoms. The smallest absolute Gasteiger partial charge is 0.224 e. The third kappa shape index (κ3) is 2.99. The third-order valence-corrected chi connectivity index (χ3v) is 4.14. The Morgan fingerprint density at radius 3 is 2.94 bits per heavy atom. The molecule has 0 bridgehead atoms. The van der Waals surface area contributed by atoms with Gasteiger partial charge in [0.15, 0.2) is 0 Å². The number of nitrogens with zero attached hydrogens (tertiary/aromatic N) is 1. The van der Waals surface area contributed by atoms with Crippen LogP contribution >= 0.6 is 0 Å². The summed E-state index contributed by atoms with van der Waals surface area (Å²) in [5, 5.41) is 6.30. The van der Waals surface area contributed by atoms with E-state index in [2.05, 4.69) is 15.5 Å². The minimum Gasteiger partial charge on any atom is -0.351 e. The van der Waals surface area contributed by atoms with E-state index < -0.39 is 0 Å². The van der Waals surface area contributed by atoms with Crippen LogP contribution in [0.5, 0.6) is 0 Å². The van der Waals surface area contributed by atoms with Crippen LogP contribution in [0.25, 0.3) is 0 Å². The number of nitrogens with one attached hydrogen (secondary N) is 2. The third-order valence-electron chi connectivity index (χ3n) is 4.14. The highest BCUT2D eigenvalue weighted by Gasteiger charge is 2.36. The largest absolute Gasteiger partial charge is 0.351 e. The van der Waals surface area contributed by atoms with Gasteiger partial charge in [0.1, 0.15) is 0 Å². The molecule has 0 aliphatic carbocycles. The molecule has 0 saturated carbocycles. The fraction of sp³-hybridized carbons (Fsp3) is 0.923. The molecule has 0 aromatic heterocycles. The zero-order valence-corrected chi connectivity index (χ0v) is 11.0. The van der Waals surface area contributed by atoms with Gasteiger partial charge in [0, 0.05) is 31.1 Å². The van der Waals surface area contributed by atoms with E-state index in [0.717, 1.165) is 19.5 Å². The number of rotatable bonds is 4. The van der Waals surface area contributed by atoms with E-state index in [1.54, 1.807) is 0 Å². The molecule has 2 aliphatic rings. The van der Waals surface area contributed by atoms with Crippen LogP contribution in [0.3, 0.4) is 0 Å². The van der Waals surface area contributed by atoms with Crippen LogP contribution in [0.4, 0.5) is 0 Å². The zero-order valence-electron chi connectivity index (χ0n) is 11.0. The first-order valence-corrected chi connectivity index (χ1v) is 6.91. The molecule has 2 fully saturated rings. The summed E-state index contributed by atoms with van der Waals surface area (Å²) in [6.07, 6.45) is 5.03. The Kier molecular flexibility index (Phi) is 4.40. The lowest BCUT2D eigenvalue weighted by atomic mass is 9.98. The van der Waals surface area contributed by atoms with Crippen molar-refractivity contribution >= 4 is 5.91 Å². The van der Waals surface area contributed by atoms with Crippen LogP contribution in [-0.2, 0) is 4.79 Å². The molecule has 4 nitrogen and oxygen atoms in total. The van der Waals surface area contributed by atoms with Crippen molar-refractivity contribution in [1.29, 1.82) is 0 Å². The summed E-state index contributed by atoms with van der Waals surface area (Å²) < 4.78 is 0. The van der Waals surface area contributed by atoms with E-state index in [1.165, 1.54) is 25.8 Å². The summed E-state index contributed by atoms with van der Waals surface area (Å²) in [6.45, 7) is 5.13. The van der Waals surface area contributed by atoms with Gasteiger partial charge < -0.3 is 10.6 Å². The lowest BCUT2D eigenvalue weighted by Gasteiger charge is -2.32. The molecular weight excluding hydrogens is 214 g/mol. The zero-order chi connectivity index (χ0) is 12.3. The Bertz CT molecular complexity index is 269. The molecule has 2 rings (SSSR count). The normalized spacial score (nSPS) is 30.9. The van der Waals surface area contributed by atoms with E-state index >= 15 is 0 Å². The SMILES string of the molecule is CNCC(C)C(=O)NC1CCN2CCCCC12. The van der Waals surface area contributed by atoms with Crippen molar-refractivity contribution in [3.8, 4) is 0 Å². The highest BCUT2D eigenvalue weighted by molar-refractivity contribution is 5.78. The summed E-state index contributed by atoms with van der Waals surface area (Å²) in [4.78, 5) is 14.5. The topological polar surface area (TPSA) is 44.4 Å². The average molecular weight is 239 g/mol. The van der Waals surface area contributed by atoms with Gasteiger partial charge in [-0.05, 0) is 32.9 Å². The Morgan fingerprint density at radius 1 is 1.35 bits per heavy atom. The summed E-state index contributed by atoms with van der Waals surface area (Å²) in [7, 11) is 1.89. The lowest BCUT2D eigenvalue weighted by Crippen LogP contribution is -2.48. The first kappa shape index (κ1) is 12.8. The van der Waals surface area contributed by atoms with Crippen LogP contribution < -0.4 is 10.6 Å². The second kappa shape index (κ2) is 5.83. The molecule has 0 spiro atoms. The number of hydrogen-bond acceptors (Lipinski definition) is 3. The quantitative estimate of drug-likeness (QED) is 0.754. The fourth-order valence-corrected chi connectivity index (χ4v) is 3.14. The van der Waals surface area contributed by atoms with Gasteiger partial charge in [0.2, 0.25) is 5.91 Å². The minimum absolute atomic E-state index is 0.0673. The summed E-state index contributed by atoms with van der Waals surface area (Å²) in [5.74, 6) is 0.273. The molecule has 2 N–H and O–H groups in total. The maximum absolute atomic E-state index is 12.0. The molecule has 0 radical (unpaired) electrons. The first-order chi connectivity index (χ1) is 8.22. The predicted molar refractivity (Wildman–Crippen MR) is 68.9 cm³/mol. The molecule has 1 amide bonds. The van der Waals surface area contributed by atoms with Crippen LogP contribution in [0, 0.1) is 5.92 Å². The van der Waals surface area contributed by atoms with E-state index in [0.29, 0.717) is 12.1 Å². The van der Waals surface area contributed by atoms with Crippen LogP contribution in [0.2, 0.25) is 0 Å². The number of hydrogen-bond donors (Lipinski definition) is 2. The van der Waals surface area contributed by atoms with Gasteiger partial charge >= 0.3 is 0 Å². The van der Waals surface area contributed by atoms with Gasteiger partial charge in [-0.3, -0.25) is 9.69 Å². The van der Waals surface area contributed by atoms with Gasteiger partial charge in [-0.1, -0.05) is 13.3 Å². The van der Waals surface area contributed by atoms with E-state index in [1.807, 2.05) is 14.0 Å². The monoisotopic (exact) mass is 239 g/mol. The average Bonchev–Trinajstić information content (AvgIpc) is 2.73. The molecule has 3 unspecified atom stereocenters. The molecule has 98 valence electrons. The molecule has 2 heterocycles. The number of carbonyl (C=O) groups is 1. The Morgan fingerprint density at radius 2 is 2.18 bits per heavy atom. The molecule has 3 atom stereocenters. The molecule has 2 saturated heterocycles. The van der Waals surface area contributed by atoms with Crippen molar-refractivity contribution in [2.24, 2.45) is 5.92 Å². The highest BCUT2D eigenvalue weighted by Crippen LogP contribution is 2.27. The maximum Gasteiger partial charge on any atom is 0.224 e. The van der Waals surface area contributed by atoms with Gasteiger partial charge in [0.25, 0.3) is 0 Å². The van der Waals surface area contributed by atoms with Crippen LogP contribution in [0.1, 0.15) is 32.6 Å². The highest BCUT2D eigenvalue weighted by atomic mass is 16.2. The molecule has 4 heteroatoms. The summed E-state index contributed by atoms with van der Waals surface area (Å²) in [5.41, 5.74) is 0. The van der Waals surface area contributed by atoms with Gasteiger partial charge in [-0.15, -0.1) is 0 Å².